The second kappa shape index (κ2) is 9.37. The summed E-state index contributed by atoms with van der Waals surface area (Å²) in [7, 11) is 3.28. The van der Waals surface area contributed by atoms with E-state index in [4.69, 9.17) is 5.73 Å². The summed E-state index contributed by atoms with van der Waals surface area (Å²) in [6.07, 6.45) is 0.298. The lowest BCUT2D eigenvalue weighted by Gasteiger charge is -2.25. The number of nitrogens with two attached hydrogens (primary N) is 1. The molecular weight excluding hydrogens is 290 g/mol. The number of nitrogens with zero attached hydrogens (tertiary/aromatic N) is 1. The Labute approximate surface area is 132 Å². The molecule has 0 saturated heterocycles. The summed E-state index contributed by atoms with van der Waals surface area (Å²) >= 11 is 0. The van der Waals surface area contributed by atoms with Gasteiger partial charge in [0.25, 0.3) is 0 Å². The number of hydrogen-bond donors (Lipinski definition) is 2. The number of nitrogens with one attached hydrogen (secondary N) is 1. The van der Waals surface area contributed by atoms with E-state index in [1.54, 1.807) is 19.0 Å². The summed E-state index contributed by atoms with van der Waals surface area (Å²) in [4.78, 5) is 25.0. The normalized spacial score (nSPS) is 12.8. The zero-order valence-electron chi connectivity index (χ0n) is 12.7. The van der Waals surface area contributed by atoms with Crippen molar-refractivity contribution in [1.82, 2.24) is 10.2 Å². The molecule has 3 N–H and O–H groups in total. The first kappa shape index (κ1) is 19.4. The minimum Gasteiger partial charge on any atom is -0.359 e. The van der Waals surface area contributed by atoms with Crippen LogP contribution in [0.5, 0.6) is 0 Å². The van der Waals surface area contributed by atoms with Crippen molar-refractivity contribution < 1.29 is 9.59 Å². The molecule has 0 aromatic heterocycles. The molecule has 118 valence electrons. The van der Waals surface area contributed by atoms with Crippen molar-refractivity contribution in [3.8, 4) is 0 Å². The lowest BCUT2D eigenvalue weighted by molar-refractivity contribution is -0.134. The van der Waals surface area contributed by atoms with Crippen LogP contribution in [0, 0.1) is 5.92 Å². The van der Waals surface area contributed by atoms with E-state index in [9.17, 15) is 9.59 Å². The Morgan fingerprint density at radius 2 is 1.86 bits per heavy atom. The van der Waals surface area contributed by atoms with Crippen LogP contribution in [-0.2, 0) is 9.59 Å². The number of halogens is 1. The molecule has 6 heteroatoms. The summed E-state index contributed by atoms with van der Waals surface area (Å²) in [6, 6.07) is 9.21. The SMILES string of the molecule is CNC(=O)CCN(C)C(=O)C(C)C(N)c1ccccc1.Cl. The van der Waals surface area contributed by atoms with E-state index in [1.165, 1.54) is 0 Å². The van der Waals surface area contributed by atoms with Crippen LogP contribution < -0.4 is 11.1 Å². The van der Waals surface area contributed by atoms with Gasteiger partial charge in [-0.2, -0.15) is 0 Å². The summed E-state index contributed by atoms with van der Waals surface area (Å²) in [5.74, 6) is -0.456. The molecule has 0 aliphatic heterocycles. The molecule has 0 heterocycles. The molecule has 5 nitrogen and oxygen atoms in total. The number of hydrogen-bond acceptors (Lipinski definition) is 3. The minimum atomic E-state index is -0.342. The Hall–Kier alpha value is -1.59. The molecule has 0 saturated carbocycles. The molecule has 2 unspecified atom stereocenters. The predicted octanol–water partition coefficient (Wildman–Crippen LogP) is 1.34. The van der Waals surface area contributed by atoms with Crippen molar-refractivity contribution >= 4 is 24.2 Å². The fourth-order valence-corrected chi connectivity index (χ4v) is 1.97. The van der Waals surface area contributed by atoms with Crippen LogP contribution in [0.1, 0.15) is 24.9 Å². The summed E-state index contributed by atoms with van der Waals surface area (Å²) in [5.41, 5.74) is 7.07. The molecule has 0 spiro atoms. The third-order valence-electron chi connectivity index (χ3n) is 3.44. The topological polar surface area (TPSA) is 75.4 Å². The second-order valence-corrected chi connectivity index (χ2v) is 4.91. The van der Waals surface area contributed by atoms with Gasteiger partial charge in [-0.25, -0.2) is 0 Å². The van der Waals surface area contributed by atoms with Gasteiger partial charge in [-0.15, -0.1) is 12.4 Å². The lowest BCUT2D eigenvalue weighted by Crippen LogP contribution is -2.38. The third kappa shape index (κ3) is 5.73. The molecule has 21 heavy (non-hydrogen) atoms. The van der Waals surface area contributed by atoms with Gasteiger partial charge in [-0.05, 0) is 5.56 Å². The van der Waals surface area contributed by atoms with E-state index < -0.39 is 0 Å². The van der Waals surface area contributed by atoms with Crippen molar-refractivity contribution in [2.24, 2.45) is 11.7 Å². The van der Waals surface area contributed by atoms with Crippen molar-refractivity contribution in [1.29, 1.82) is 0 Å². The summed E-state index contributed by atoms with van der Waals surface area (Å²) < 4.78 is 0. The van der Waals surface area contributed by atoms with Crippen molar-refractivity contribution in [2.45, 2.75) is 19.4 Å². The average Bonchev–Trinajstić information content (AvgIpc) is 2.50. The number of benzene rings is 1. The van der Waals surface area contributed by atoms with Crippen LogP contribution in [0.2, 0.25) is 0 Å². The third-order valence-corrected chi connectivity index (χ3v) is 3.44. The zero-order chi connectivity index (χ0) is 15.1. The molecule has 0 bridgehead atoms. The van der Waals surface area contributed by atoms with E-state index in [0.29, 0.717) is 13.0 Å². The highest BCUT2D eigenvalue weighted by Crippen LogP contribution is 2.20. The molecule has 0 aliphatic rings. The molecule has 0 radical (unpaired) electrons. The van der Waals surface area contributed by atoms with Crippen LogP contribution in [0.4, 0.5) is 0 Å². The molecule has 2 amide bonds. The van der Waals surface area contributed by atoms with E-state index in [0.717, 1.165) is 5.56 Å². The lowest BCUT2D eigenvalue weighted by atomic mass is 9.94. The molecular formula is C15H24ClN3O2. The fraction of sp³-hybridized carbons (Fsp3) is 0.467. The molecule has 0 aliphatic carbocycles. The molecule has 1 rings (SSSR count). The number of rotatable bonds is 6. The van der Waals surface area contributed by atoms with Gasteiger partial charge < -0.3 is 16.0 Å². The maximum Gasteiger partial charge on any atom is 0.227 e. The summed E-state index contributed by atoms with van der Waals surface area (Å²) in [5, 5.41) is 2.54. The maximum atomic E-state index is 12.3. The monoisotopic (exact) mass is 313 g/mol. The Kier molecular flexibility index (Phi) is 8.66. The Balaban J connectivity index is 0.00000400. The fourth-order valence-electron chi connectivity index (χ4n) is 1.97. The van der Waals surface area contributed by atoms with E-state index >= 15 is 0 Å². The quantitative estimate of drug-likeness (QED) is 0.832. The largest absolute Gasteiger partial charge is 0.359 e. The Morgan fingerprint density at radius 3 is 2.38 bits per heavy atom. The first-order valence-electron chi connectivity index (χ1n) is 6.73. The van der Waals surface area contributed by atoms with Crippen molar-refractivity contribution in [3.05, 3.63) is 35.9 Å². The van der Waals surface area contributed by atoms with Gasteiger partial charge >= 0.3 is 0 Å². The first-order valence-corrected chi connectivity index (χ1v) is 6.73. The predicted molar refractivity (Wildman–Crippen MR) is 86.1 cm³/mol. The van der Waals surface area contributed by atoms with Crippen LogP contribution >= 0.6 is 12.4 Å². The first-order chi connectivity index (χ1) is 9.47. The molecule has 1 aromatic carbocycles. The summed E-state index contributed by atoms with van der Waals surface area (Å²) in [6.45, 7) is 2.21. The minimum absolute atomic E-state index is 0. The highest BCUT2D eigenvalue weighted by molar-refractivity contribution is 5.85. The number of carbonyl (C=O) groups excluding carboxylic acids is 2. The van der Waals surface area contributed by atoms with Crippen LogP contribution in [0.3, 0.4) is 0 Å². The van der Waals surface area contributed by atoms with Crippen molar-refractivity contribution in [2.75, 3.05) is 20.6 Å². The van der Waals surface area contributed by atoms with E-state index in [2.05, 4.69) is 5.32 Å². The maximum absolute atomic E-state index is 12.3. The van der Waals surface area contributed by atoms with Gasteiger partial charge in [0.15, 0.2) is 0 Å². The smallest absolute Gasteiger partial charge is 0.227 e. The molecule has 0 fully saturated rings. The van der Waals surface area contributed by atoms with Gasteiger partial charge in [0.05, 0.1) is 5.92 Å². The Bertz CT molecular complexity index is 453. The van der Waals surface area contributed by atoms with E-state index in [-0.39, 0.29) is 36.2 Å². The standard InChI is InChI=1S/C15H23N3O2.ClH/c1-11(14(16)12-7-5-4-6-8-12)15(20)18(3)10-9-13(19)17-2;/h4-8,11,14H,9-10,16H2,1-3H3,(H,17,19);1H. The zero-order valence-corrected chi connectivity index (χ0v) is 13.5. The van der Waals surface area contributed by atoms with Gasteiger partial charge in [-0.3, -0.25) is 9.59 Å². The highest BCUT2D eigenvalue weighted by Gasteiger charge is 2.24. The van der Waals surface area contributed by atoms with Crippen LogP contribution in [0.15, 0.2) is 30.3 Å². The average molecular weight is 314 g/mol. The Morgan fingerprint density at radius 1 is 1.29 bits per heavy atom. The van der Waals surface area contributed by atoms with Gasteiger partial charge in [0.1, 0.15) is 0 Å². The van der Waals surface area contributed by atoms with E-state index in [1.807, 2.05) is 37.3 Å². The van der Waals surface area contributed by atoms with Crippen molar-refractivity contribution in [3.63, 3.8) is 0 Å². The molecule has 2 atom stereocenters. The van der Waals surface area contributed by atoms with Gasteiger partial charge in [-0.1, -0.05) is 37.3 Å². The van der Waals surface area contributed by atoms with Crippen LogP contribution in [0.25, 0.3) is 0 Å². The van der Waals surface area contributed by atoms with Gasteiger partial charge in [0, 0.05) is 33.1 Å². The van der Waals surface area contributed by atoms with Gasteiger partial charge in [0.2, 0.25) is 11.8 Å². The highest BCUT2D eigenvalue weighted by atomic mass is 35.5. The second-order valence-electron chi connectivity index (χ2n) is 4.91. The molecule has 1 aromatic rings. The number of amides is 2. The van der Waals surface area contributed by atoms with Crippen LogP contribution in [-0.4, -0.2) is 37.4 Å². The number of carbonyl (C=O) groups is 2.